The molecule has 2 heterocycles. The number of nitrogens with one attached hydrogen (secondary N) is 2. The van der Waals surface area contributed by atoms with Crippen LogP contribution in [0.4, 0.5) is 4.79 Å². The molecule has 0 aromatic carbocycles. The molecule has 7 nitrogen and oxygen atoms in total. The lowest BCUT2D eigenvalue weighted by molar-refractivity contribution is -0.136. The summed E-state index contributed by atoms with van der Waals surface area (Å²) in [5, 5.41) is 5.99. The summed E-state index contributed by atoms with van der Waals surface area (Å²) in [4.78, 5) is 34.7. The number of carbonyl (C=O) groups is 3. The predicted octanol–water partition coefficient (Wildman–Crippen LogP) is -2.24. The Balaban J connectivity index is 2.27. The highest BCUT2D eigenvalue weighted by Gasteiger charge is 2.53. The number of nitrogens with two attached hydrogens (primary N) is 1. The van der Waals surface area contributed by atoms with E-state index in [4.69, 9.17) is 5.73 Å². The van der Waals surface area contributed by atoms with Gasteiger partial charge in [0.1, 0.15) is 5.54 Å². The molecule has 4 N–H and O–H groups in total. The van der Waals surface area contributed by atoms with Crippen molar-refractivity contribution < 1.29 is 14.4 Å². The van der Waals surface area contributed by atoms with Crippen molar-refractivity contribution >= 4 is 17.8 Å². The van der Waals surface area contributed by atoms with Crippen molar-refractivity contribution in [3.63, 3.8) is 0 Å². The van der Waals surface area contributed by atoms with Crippen molar-refractivity contribution in [2.75, 3.05) is 19.6 Å². The molecule has 1 unspecified atom stereocenters. The van der Waals surface area contributed by atoms with E-state index in [0.717, 1.165) is 6.54 Å². The van der Waals surface area contributed by atoms with Crippen LogP contribution >= 0.6 is 0 Å². The van der Waals surface area contributed by atoms with Gasteiger partial charge in [-0.15, -0.1) is 0 Å². The van der Waals surface area contributed by atoms with E-state index in [9.17, 15) is 14.4 Å². The molecule has 0 aliphatic carbocycles. The molecule has 2 fully saturated rings. The Morgan fingerprint density at radius 1 is 1.40 bits per heavy atom. The Kier molecular flexibility index (Phi) is 2.20. The van der Waals surface area contributed by atoms with E-state index in [1.807, 2.05) is 0 Å². The van der Waals surface area contributed by atoms with Gasteiger partial charge in [-0.05, 0) is 0 Å². The average molecular weight is 212 g/mol. The molecule has 82 valence electrons. The van der Waals surface area contributed by atoms with Crippen LogP contribution < -0.4 is 16.4 Å². The van der Waals surface area contributed by atoms with E-state index in [-0.39, 0.29) is 6.42 Å². The number of amides is 4. The van der Waals surface area contributed by atoms with Crippen molar-refractivity contribution in [1.29, 1.82) is 0 Å². The molecule has 7 heteroatoms. The minimum Gasteiger partial charge on any atom is -0.351 e. The lowest BCUT2D eigenvalue weighted by Gasteiger charge is -2.32. The third-order valence-electron chi connectivity index (χ3n) is 2.73. The van der Waals surface area contributed by atoms with Gasteiger partial charge < -0.3 is 16.4 Å². The summed E-state index contributed by atoms with van der Waals surface area (Å²) in [5.41, 5.74) is 4.00. The van der Waals surface area contributed by atoms with E-state index < -0.39 is 23.4 Å². The summed E-state index contributed by atoms with van der Waals surface area (Å²) in [6.45, 7) is 1.67. The van der Waals surface area contributed by atoms with Crippen LogP contribution in [-0.4, -0.2) is 47.9 Å². The largest absolute Gasteiger partial charge is 0.351 e. The molecule has 2 aliphatic heterocycles. The zero-order valence-corrected chi connectivity index (χ0v) is 8.08. The molecule has 1 spiro atoms. The lowest BCUT2D eigenvalue weighted by atomic mass is 9.95. The number of urea groups is 1. The zero-order valence-electron chi connectivity index (χ0n) is 8.08. The van der Waals surface area contributed by atoms with Gasteiger partial charge in [-0.25, -0.2) is 4.79 Å². The van der Waals surface area contributed by atoms with Gasteiger partial charge >= 0.3 is 6.03 Å². The smallest absolute Gasteiger partial charge is 0.328 e. The Morgan fingerprint density at radius 2 is 2.13 bits per heavy atom. The van der Waals surface area contributed by atoms with Gasteiger partial charge in [-0.2, -0.15) is 4.90 Å². The standard InChI is InChI=1S/C8H12N4O3/c9-7(15)12-5(13)3-8(6(12)14)4-10-1-2-11-8/h10-11H,1-4H2,(H2,9,15). The quantitative estimate of drug-likeness (QED) is 0.394. The van der Waals surface area contributed by atoms with Crippen LogP contribution in [-0.2, 0) is 9.59 Å². The molecule has 15 heavy (non-hydrogen) atoms. The molecule has 0 saturated carbocycles. The van der Waals surface area contributed by atoms with Gasteiger partial charge in [0.25, 0.3) is 5.91 Å². The van der Waals surface area contributed by atoms with E-state index in [2.05, 4.69) is 10.6 Å². The highest BCUT2D eigenvalue weighted by atomic mass is 16.2. The maximum Gasteiger partial charge on any atom is 0.328 e. The van der Waals surface area contributed by atoms with Crippen molar-refractivity contribution in [2.24, 2.45) is 5.73 Å². The molecule has 0 radical (unpaired) electrons. The number of imide groups is 3. The summed E-state index contributed by atoms with van der Waals surface area (Å²) in [6, 6.07) is -1.01. The lowest BCUT2D eigenvalue weighted by Crippen LogP contribution is -2.63. The number of hydrogen-bond acceptors (Lipinski definition) is 5. The summed E-state index contributed by atoms with van der Waals surface area (Å²) >= 11 is 0. The molecule has 0 aromatic heterocycles. The Morgan fingerprint density at radius 3 is 2.60 bits per heavy atom. The van der Waals surface area contributed by atoms with Crippen LogP contribution in [0, 0.1) is 0 Å². The zero-order chi connectivity index (χ0) is 11.1. The summed E-state index contributed by atoms with van der Waals surface area (Å²) in [6.07, 6.45) is -0.0121. The minimum atomic E-state index is -1.01. The normalized spacial score (nSPS) is 31.3. The SMILES string of the molecule is NC(=O)N1C(=O)CC2(CNCCN2)C1=O. The molecular weight excluding hydrogens is 200 g/mol. The number of primary amides is 1. The van der Waals surface area contributed by atoms with Gasteiger partial charge in [0, 0.05) is 19.6 Å². The van der Waals surface area contributed by atoms with Crippen LogP contribution in [0.2, 0.25) is 0 Å². The number of likely N-dealkylation sites (tertiary alicyclic amines) is 1. The van der Waals surface area contributed by atoms with Crippen LogP contribution in [0.3, 0.4) is 0 Å². The highest BCUT2D eigenvalue weighted by Crippen LogP contribution is 2.24. The number of hydrogen-bond donors (Lipinski definition) is 3. The maximum atomic E-state index is 11.8. The Bertz CT molecular complexity index is 335. The van der Waals surface area contributed by atoms with E-state index in [0.29, 0.717) is 18.0 Å². The average Bonchev–Trinajstić information content (AvgIpc) is 2.40. The second-order valence-corrected chi connectivity index (χ2v) is 3.73. The predicted molar refractivity (Wildman–Crippen MR) is 49.7 cm³/mol. The molecule has 0 bridgehead atoms. The van der Waals surface area contributed by atoms with Crippen LogP contribution in [0.25, 0.3) is 0 Å². The fourth-order valence-electron chi connectivity index (χ4n) is 1.99. The number of rotatable bonds is 0. The summed E-state index contributed by atoms with van der Waals surface area (Å²) < 4.78 is 0. The molecule has 2 rings (SSSR count). The molecular formula is C8H12N4O3. The van der Waals surface area contributed by atoms with E-state index in [1.54, 1.807) is 0 Å². The van der Waals surface area contributed by atoms with Crippen molar-refractivity contribution in [1.82, 2.24) is 15.5 Å². The molecule has 2 saturated heterocycles. The number of nitrogens with zero attached hydrogens (tertiary/aromatic N) is 1. The highest BCUT2D eigenvalue weighted by molar-refractivity contribution is 6.18. The fourth-order valence-corrected chi connectivity index (χ4v) is 1.99. The molecule has 2 aliphatic rings. The molecule has 4 amide bonds. The van der Waals surface area contributed by atoms with Crippen LogP contribution in [0.15, 0.2) is 0 Å². The summed E-state index contributed by atoms with van der Waals surface area (Å²) in [5.74, 6) is -1.09. The van der Waals surface area contributed by atoms with Crippen molar-refractivity contribution in [3.8, 4) is 0 Å². The minimum absolute atomic E-state index is 0.0121. The topological polar surface area (TPSA) is 105 Å². The first-order valence-electron chi connectivity index (χ1n) is 4.69. The number of carbonyl (C=O) groups excluding carboxylic acids is 3. The van der Waals surface area contributed by atoms with E-state index >= 15 is 0 Å². The molecule has 1 atom stereocenters. The Labute approximate surface area is 86.0 Å². The first kappa shape index (κ1) is 10.1. The van der Waals surface area contributed by atoms with Crippen LogP contribution in [0.5, 0.6) is 0 Å². The monoisotopic (exact) mass is 212 g/mol. The van der Waals surface area contributed by atoms with Crippen molar-refractivity contribution in [2.45, 2.75) is 12.0 Å². The third-order valence-corrected chi connectivity index (χ3v) is 2.73. The first-order valence-corrected chi connectivity index (χ1v) is 4.69. The number of piperazine rings is 1. The van der Waals surface area contributed by atoms with Gasteiger partial charge in [0.2, 0.25) is 5.91 Å². The third kappa shape index (κ3) is 1.40. The van der Waals surface area contributed by atoms with Crippen molar-refractivity contribution in [3.05, 3.63) is 0 Å². The summed E-state index contributed by atoms with van der Waals surface area (Å²) in [7, 11) is 0. The van der Waals surface area contributed by atoms with E-state index in [1.165, 1.54) is 0 Å². The first-order chi connectivity index (χ1) is 7.07. The van der Waals surface area contributed by atoms with Gasteiger partial charge in [0.05, 0.1) is 6.42 Å². The Hall–Kier alpha value is -1.47. The second kappa shape index (κ2) is 3.28. The van der Waals surface area contributed by atoms with Crippen LogP contribution in [0.1, 0.15) is 6.42 Å². The molecule has 0 aromatic rings. The van der Waals surface area contributed by atoms with Gasteiger partial charge in [0.15, 0.2) is 0 Å². The second-order valence-electron chi connectivity index (χ2n) is 3.73. The van der Waals surface area contributed by atoms with Gasteiger partial charge in [-0.1, -0.05) is 0 Å². The van der Waals surface area contributed by atoms with Gasteiger partial charge in [-0.3, -0.25) is 9.59 Å². The fraction of sp³-hybridized carbons (Fsp3) is 0.625. The maximum absolute atomic E-state index is 11.8.